The van der Waals surface area contributed by atoms with E-state index in [1.54, 1.807) is 0 Å². The van der Waals surface area contributed by atoms with Gasteiger partial charge in [-0.05, 0) is 19.3 Å². The predicted octanol–water partition coefficient (Wildman–Crippen LogP) is 1.42. The zero-order valence-electron chi connectivity index (χ0n) is 9.75. The molecule has 3 heteroatoms. The van der Waals surface area contributed by atoms with Crippen LogP contribution in [0.5, 0.6) is 0 Å². The highest BCUT2D eigenvalue weighted by atomic mass is 16.5. The summed E-state index contributed by atoms with van der Waals surface area (Å²) in [5.41, 5.74) is 0. The number of esters is 1. The zero-order valence-corrected chi connectivity index (χ0v) is 9.75. The van der Waals surface area contributed by atoms with Crippen LogP contribution in [0.1, 0.15) is 25.7 Å². The van der Waals surface area contributed by atoms with Gasteiger partial charge in [0.25, 0.3) is 0 Å². The summed E-state index contributed by atoms with van der Waals surface area (Å²) in [5, 5.41) is 0. The van der Waals surface area contributed by atoms with Gasteiger partial charge in [-0.25, -0.2) is 0 Å². The molecule has 1 rings (SSSR count). The molecule has 0 aromatic rings. The van der Waals surface area contributed by atoms with Crippen LogP contribution < -0.4 is 0 Å². The van der Waals surface area contributed by atoms with Crippen molar-refractivity contribution in [3.8, 4) is 0 Å². The summed E-state index contributed by atoms with van der Waals surface area (Å²) < 4.78 is 5.76. The molecule has 0 amide bonds. The Morgan fingerprint density at radius 1 is 1.29 bits per heavy atom. The van der Waals surface area contributed by atoms with E-state index in [1.807, 2.05) is 0 Å². The van der Waals surface area contributed by atoms with E-state index in [4.69, 9.17) is 4.74 Å². The summed E-state index contributed by atoms with van der Waals surface area (Å²) in [6.45, 7) is 0. The normalized spacial score (nSPS) is 28.6. The Hall–Kier alpha value is -0.570. The van der Waals surface area contributed by atoms with E-state index in [0.717, 1.165) is 23.7 Å². The lowest BCUT2D eigenvalue weighted by Gasteiger charge is -2.38. The molecule has 82 valence electrons. The maximum atomic E-state index is 11.4. The number of nitrogens with zero attached hydrogens (tertiary/aromatic N) is 1. The topological polar surface area (TPSA) is 26.3 Å². The van der Waals surface area contributed by atoms with Gasteiger partial charge < -0.3 is 9.22 Å². The number of methoxy groups -OCH3 is 1. The highest BCUT2D eigenvalue weighted by Crippen LogP contribution is 2.29. The van der Waals surface area contributed by atoms with Gasteiger partial charge in [0, 0.05) is 6.42 Å². The van der Waals surface area contributed by atoms with E-state index < -0.39 is 0 Å². The minimum absolute atomic E-state index is 0.0249. The van der Waals surface area contributed by atoms with E-state index in [9.17, 15) is 4.79 Å². The Bertz CT molecular complexity index is 208. The van der Waals surface area contributed by atoms with E-state index in [2.05, 4.69) is 21.1 Å². The molecule has 14 heavy (non-hydrogen) atoms. The van der Waals surface area contributed by atoms with Crippen LogP contribution in [0.2, 0.25) is 0 Å². The van der Waals surface area contributed by atoms with E-state index in [0.29, 0.717) is 6.04 Å². The number of ether oxygens (including phenoxy) is 1. The van der Waals surface area contributed by atoms with Crippen molar-refractivity contribution in [2.24, 2.45) is 5.92 Å². The van der Waals surface area contributed by atoms with Crippen LogP contribution in [0.3, 0.4) is 0 Å². The third-order valence-corrected chi connectivity index (χ3v) is 3.28. The second-order valence-corrected chi connectivity index (χ2v) is 5.16. The molecule has 0 N–H and O–H groups in total. The highest BCUT2D eigenvalue weighted by molar-refractivity contribution is 5.72. The fourth-order valence-electron chi connectivity index (χ4n) is 2.25. The molecule has 0 heterocycles. The van der Waals surface area contributed by atoms with Crippen LogP contribution in [0.4, 0.5) is 0 Å². The van der Waals surface area contributed by atoms with Crippen molar-refractivity contribution in [3.63, 3.8) is 0 Å². The molecule has 0 spiro atoms. The first-order valence-electron chi connectivity index (χ1n) is 5.34. The molecular formula is C11H22NO2+. The maximum absolute atomic E-state index is 11.4. The Labute approximate surface area is 86.6 Å². The van der Waals surface area contributed by atoms with Gasteiger partial charge >= 0.3 is 5.97 Å². The number of hydrogen-bond donors (Lipinski definition) is 0. The molecule has 3 nitrogen and oxygen atoms in total. The number of quaternary nitrogens is 1. The van der Waals surface area contributed by atoms with Crippen molar-refractivity contribution >= 4 is 5.97 Å². The lowest BCUT2D eigenvalue weighted by atomic mass is 9.84. The van der Waals surface area contributed by atoms with Crippen molar-refractivity contribution < 1.29 is 14.0 Å². The number of carbonyl (C=O) groups is 1. The summed E-state index contributed by atoms with van der Waals surface area (Å²) >= 11 is 0. The summed E-state index contributed by atoms with van der Waals surface area (Å²) in [6, 6.07) is 0.604. The molecule has 0 bridgehead atoms. The molecule has 0 radical (unpaired) electrons. The van der Waals surface area contributed by atoms with Crippen LogP contribution in [0, 0.1) is 5.92 Å². The van der Waals surface area contributed by atoms with Gasteiger partial charge in [0.2, 0.25) is 0 Å². The van der Waals surface area contributed by atoms with Gasteiger partial charge in [0.05, 0.1) is 40.2 Å². The lowest BCUT2D eigenvalue weighted by Crippen LogP contribution is -2.48. The standard InChI is InChI=1S/C11H22NO2/c1-12(2,3)10-7-5-6-9(8-10)11(13)14-4/h9-10H,5-8H2,1-4H3/q+1/t9-,10+/m0/s1. The van der Waals surface area contributed by atoms with Crippen LogP contribution in [-0.4, -0.2) is 44.7 Å². The minimum Gasteiger partial charge on any atom is -0.469 e. The van der Waals surface area contributed by atoms with E-state index in [1.165, 1.54) is 13.5 Å². The van der Waals surface area contributed by atoms with Crippen LogP contribution >= 0.6 is 0 Å². The second-order valence-electron chi connectivity index (χ2n) is 5.16. The molecule has 0 saturated heterocycles. The molecule has 0 aromatic heterocycles. The fraction of sp³-hybridized carbons (Fsp3) is 0.909. The minimum atomic E-state index is -0.0249. The maximum Gasteiger partial charge on any atom is 0.308 e. The van der Waals surface area contributed by atoms with Gasteiger partial charge in [-0.15, -0.1) is 0 Å². The molecule has 0 unspecified atom stereocenters. The Balaban J connectivity index is 2.56. The molecule has 1 aliphatic rings. The van der Waals surface area contributed by atoms with Gasteiger partial charge in [0.1, 0.15) is 0 Å². The van der Waals surface area contributed by atoms with Crippen molar-refractivity contribution in [1.29, 1.82) is 0 Å². The molecular weight excluding hydrogens is 178 g/mol. The van der Waals surface area contributed by atoms with E-state index in [-0.39, 0.29) is 11.9 Å². The molecule has 1 fully saturated rings. The Morgan fingerprint density at radius 3 is 2.43 bits per heavy atom. The SMILES string of the molecule is COC(=O)[C@H]1CCC[C@@H]([N+](C)(C)C)C1. The number of rotatable bonds is 2. The molecule has 2 atom stereocenters. The third-order valence-electron chi connectivity index (χ3n) is 3.28. The first kappa shape index (κ1) is 11.5. The van der Waals surface area contributed by atoms with Crippen LogP contribution in [0.25, 0.3) is 0 Å². The Morgan fingerprint density at radius 2 is 1.93 bits per heavy atom. The third kappa shape index (κ3) is 2.71. The summed E-state index contributed by atoms with van der Waals surface area (Å²) in [5.74, 6) is 0.110. The van der Waals surface area contributed by atoms with Gasteiger partial charge in [-0.2, -0.15) is 0 Å². The first-order valence-corrected chi connectivity index (χ1v) is 5.34. The monoisotopic (exact) mass is 200 g/mol. The fourth-order valence-corrected chi connectivity index (χ4v) is 2.25. The van der Waals surface area contributed by atoms with Crippen LogP contribution in [-0.2, 0) is 9.53 Å². The molecule has 0 aromatic carbocycles. The summed E-state index contributed by atoms with van der Waals surface area (Å²) in [6.07, 6.45) is 4.37. The molecule has 1 aliphatic carbocycles. The van der Waals surface area contributed by atoms with Crippen molar-refractivity contribution in [2.75, 3.05) is 28.3 Å². The largest absolute Gasteiger partial charge is 0.469 e. The quantitative estimate of drug-likeness (QED) is 0.498. The summed E-state index contributed by atoms with van der Waals surface area (Å²) in [7, 11) is 8.08. The van der Waals surface area contributed by atoms with E-state index >= 15 is 0 Å². The second kappa shape index (κ2) is 4.30. The number of carbonyl (C=O) groups excluding carboxylic acids is 1. The van der Waals surface area contributed by atoms with Crippen molar-refractivity contribution in [1.82, 2.24) is 0 Å². The van der Waals surface area contributed by atoms with Gasteiger partial charge in [-0.3, -0.25) is 4.79 Å². The average Bonchev–Trinajstić information content (AvgIpc) is 2.15. The molecule has 1 saturated carbocycles. The predicted molar refractivity (Wildman–Crippen MR) is 55.8 cm³/mol. The van der Waals surface area contributed by atoms with Crippen LogP contribution in [0.15, 0.2) is 0 Å². The molecule has 0 aliphatic heterocycles. The van der Waals surface area contributed by atoms with Gasteiger partial charge in [-0.1, -0.05) is 0 Å². The smallest absolute Gasteiger partial charge is 0.308 e. The van der Waals surface area contributed by atoms with Crippen molar-refractivity contribution in [3.05, 3.63) is 0 Å². The average molecular weight is 200 g/mol. The number of hydrogen-bond acceptors (Lipinski definition) is 2. The van der Waals surface area contributed by atoms with Gasteiger partial charge in [0.15, 0.2) is 0 Å². The zero-order chi connectivity index (χ0) is 10.8. The summed E-state index contributed by atoms with van der Waals surface area (Å²) in [4.78, 5) is 11.4. The Kier molecular flexibility index (Phi) is 3.53. The van der Waals surface area contributed by atoms with Crippen molar-refractivity contribution in [2.45, 2.75) is 31.7 Å². The lowest BCUT2D eigenvalue weighted by molar-refractivity contribution is -0.897. The highest BCUT2D eigenvalue weighted by Gasteiger charge is 2.34. The first-order chi connectivity index (χ1) is 6.45.